The van der Waals surface area contributed by atoms with E-state index in [4.69, 9.17) is 23.2 Å². The monoisotopic (exact) mass is 419 g/mol. The summed E-state index contributed by atoms with van der Waals surface area (Å²) in [5.74, 6) is 0. The first-order valence-corrected chi connectivity index (χ1v) is 8.39. The van der Waals surface area contributed by atoms with Gasteiger partial charge >= 0.3 is 0 Å². The van der Waals surface area contributed by atoms with Gasteiger partial charge in [-0.15, -0.1) is 0 Å². The van der Waals surface area contributed by atoms with Crippen LogP contribution in [0.2, 0.25) is 10.0 Å². The second-order valence-corrected chi connectivity index (χ2v) is 6.62. The minimum absolute atomic E-state index is 0.114. The number of nitrogens with one attached hydrogen (secondary N) is 1. The summed E-state index contributed by atoms with van der Waals surface area (Å²) in [7, 11) is 0. The minimum Gasteiger partial charge on any atom is -0.306 e. The zero-order chi connectivity index (χ0) is 14.5. The highest BCUT2D eigenvalue weighted by Gasteiger charge is 2.14. The molecule has 0 saturated heterocycles. The Labute approximate surface area is 143 Å². The van der Waals surface area contributed by atoms with Gasteiger partial charge in [0.2, 0.25) is 0 Å². The van der Waals surface area contributed by atoms with Gasteiger partial charge in [-0.3, -0.25) is 0 Å². The highest BCUT2D eigenvalue weighted by Crippen LogP contribution is 2.28. The number of hydrogen-bond acceptors (Lipinski definition) is 1. The lowest BCUT2D eigenvalue weighted by atomic mass is 9.98. The van der Waals surface area contributed by atoms with E-state index in [1.807, 2.05) is 30.3 Å². The third kappa shape index (κ3) is 4.10. The van der Waals surface area contributed by atoms with Crippen molar-refractivity contribution in [3.63, 3.8) is 0 Å². The molecule has 1 atom stereocenters. The van der Waals surface area contributed by atoms with E-state index in [0.717, 1.165) is 37.7 Å². The third-order valence-electron chi connectivity index (χ3n) is 3.06. The lowest BCUT2D eigenvalue weighted by Gasteiger charge is -2.20. The average Bonchev–Trinajstić information content (AvgIpc) is 2.43. The lowest BCUT2D eigenvalue weighted by molar-refractivity contribution is 0.598. The summed E-state index contributed by atoms with van der Waals surface area (Å²) in [6.07, 6.45) is 1.08. The predicted molar refractivity (Wildman–Crippen MR) is 95.8 cm³/mol. The van der Waals surface area contributed by atoms with E-state index < -0.39 is 0 Å². The predicted octanol–water partition coefficient (Wildman–Crippen LogP) is 5.69. The van der Waals surface area contributed by atoms with Crippen LogP contribution in [0.3, 0.4) is 0 Å². The molecule has 1 N–H and O–H groups in total. The highest BCUT2D eigenvalue weighted by atomic mass is 127. The Morgan fingerprint density at radius 1 is 1.10 bits per heavy atom. The van der Waals surface area contributed by atoms with Crippen molar-refractivity contribution in [2.75, 3.05) is 6.54 Å². The summed E-state index contributed by atoms with van der Waals surface area (Å²) in [6.45, 7) is 3.10. The van der Waals surface area contributed by atoms with Crippen LogP contribution in [0.4, 0.5) is 0 Å². The van der Waals surface area contributed by atoms with Crippen LogP contribution in [0.15, 0.2) is 42.5 Å². The normalized spacial score (nSPS) is 12.4. The number of rotatable bonds is 5. The van der Waals surface area contributed by atoms with E-state index in [1.54, 1.807) is 0 Å². The van der Waals surface area contributed by atoms with Crippen molar-refractivity contribution < 1.29 is 0 Å². The van der Waals surface area contributed by atoms with E-state index in [2.05, 4.69) is 47.0 Å². The Hall–Kier alpha value is -0.290. The largest absolute Gasteiger partial charge is 0.306 e. The van der Waals surface area contributed by atoms with Crippen molar-refractivity contribution >= 4 is 45.8 Å². The molecular weight excluding hydrogens is 404 g/mol. The summed E-state index contributed by atoms with van der Waals surface area (Å²) >= 11 is 14.6. The summed E-state index contributed by atoms with van der Waals surface area (Å²) in [4.78, 5) is 0. The first kappa shape index (κ1) is 16.1. The Morgan fingerprint density at radius 2 is 1.85 bits per heavy atom. The Bertz CT molecular complexity index is 586. The van der Waals surface area contributed by atoms with Crippen molar-refractivity contribution in [3.8, 4) is 0 Å². The first-order valence-electron chi connectivity index (χ1n) is 6.55. The first-order chi connectivity index (χ1) is 9.61. The minimum atomic E-state index is 0.114. The molecule has 0 spiro atoms. The van der Waals surface area contributed by atoms with Gasteiger partial charge in [-0.2, -0.15) is 0 Å². The topological polar surface area (TPSA) is 12.0 Å². The summed E-state index contributed by atoms with van der Waals surface area (Å²) in [5, 5.41) is 5.09. The zero-order valence-electron chi connectivity index (χ0n) is 11.2. The van der Waals surface area contributed by atoms with Gasteiger partial charge in [0, 0.05) is 8.59 Å². The fraction of sp³-hybridized carbons (Fsp3) is 0.250. The molecule has 2 aromatic rings. The van der Waals surface area contributed by atoms with Crippen molar-refractivity contribution in [1.29, 1.82) is 0 Å². The molecule has 0 aromatic heterocycles. The van der Waals surface area contributed by atoms with Crippen molar-refractivity contribution in [3.05, 3.63) is 67.2 Å². The van der Waals surface area contributed by atoms with Crippen LogP contribution < -0.4 is 5.32 Å². The molecule has 0 amide bonds. The smallest absolute Gasteiger partial charge is 0.0577 e. The molecule has 0 radical (unpaired) electrons. The second-order valence-electron chi connectivity index (χ2n) is 4.62. The van der Waals surface area contributed by atoms with Gasteiger partial charge in [0.25, 0.3) is 0 Å². The van der Waals surface area contributed by atoms with E-state index in [1.165, 1.54) is 0 Å². The molecule has 1 unspecified atom stereocenters. The van der Waals surface area contributed by atoms with E-state index in [0.29, 0.717) is 0 Å². The highest BCUT2D eigenvalue weighted by molar-refractivity contribution is 14.1. The standard InChI is InChI=1S/C16H16Cl2IN/c1-2-8-20-16(11-4-3-5-13(17)9-11)12-6-7-15(19)14(18)10-12/h3-7,9-10,16,20H,2,8H2,1H3. The molecule has 2 aromatic carbocycles. The number of benzene rings is 2. The van der Waals surface area contributed by atoms with Gasteiger partial charge in [-0.25, -0.2) is 0 Å². The molecule has 0 saturated carbocycles. The molecule has 0 heterocycles. The Kier molecular flexibility index (Phi) is 6.15. The molecular formula is C16H16Cl2IN. The van der Waals surface area contributed by atoms with Crippen LogP contribution in [0, 0.1) is 3.57 Å². The van der Waals surface area contributed by atoms with Gasteiger partial charge in [-0.1, -0.05) is 48.3 Å². The van der Waals surface area contributed by atoms with Crippen molar-refractivity contribution in [1.82, 2.24) is 5.32 Å². The lowest BCUT2D eigenvalue weighted by Crippen LogP contribution is -2.23. The fourth-order valence-electron chi connectivity index (χ4n) is 2.09. The van der Waals surface area contributed by atoms with Gasteiger partial charge < -0.3 is 5.32 Å². The quantitative estimate of drug-likeness (QED) is 0.614. The molecule has 20 heavy (non-hydrogen) atoms. The maximum absolute atomic E-state index is 6.25. The van der Waals surface area contributed by atoms with Crippen molar-refractivity contribution in [2.45, 2.75) is 19.4 Å². The molecule has 0 fully saturated rings. The second kappa shape index (κ2) is 7.64. The SMILES string of the molecule is CCCNC(c1cccc(Cl)c1)c1ccc(I)c(Cl)c1. The number of hydrogen-bond donors (Lipinski definition) is 1. The molecule has 0 aliphatic carbocycles. The van der Waals surface area contributed by atoms with Gasteiger partial charge in [0.15, 0.2) is 0 Å². The van der Waals surface area contributed by atoms with Crippen LogP contribution in [0.5, 0.6) is 0 Å². The maximum Gasteiger partial charge on any atom is 0.0577 e. The molecule has 0 bridgehead atoms. The molecule has 0 aliphatic heterocycles. The van der Waals surface area contributed by atoms with Gasteiger partial charge in [0.05, 0.1) is 11.1 Å². The molecule has 4 heteroatoms. The van der Waals surface area contributed by atoms with Crippen LogP contribution in [-0.4, -0.2) is 6.54 Å². The van der Waals surface area contributed by atoms with Crippen LogP contribution in [0.25, 0.3) is 0 Å². The van der Waals surface area contributed by atoms with E-state index >= 15 is 0 Å². The maximum atomic E-state index is 6.25. The van der Waals surface area contributed by atoms with E-state index in [-0.39, 0.29) is 6.04 Å². The third-order valence-corrected chi connectivity index (χ3v) is 4.86. The Morgan fingerprint density at radius 3 is 2.50 bits per heavy atom. The zero-order valence-corrected chi connectivity index (χ0v) is 14.8. The van der Waals surface area contributed by atoms with E-state index in [9.17, 15) is 0 Å². The Balaban J connectivity index is 2.38. The molecule has 2 rings (SSSR count). The van der Waals surface area contributed by atoms with Crippen LogP contribution >= 0.6 is 45.8 Å². The summed E-state index contributed by atoms with van der Waals surface area (Å²) in [5.41, 5.74) is 2.31. The molecule has 106 valence electrons. The van der Waals surface area contributed by atoms with Crippen LogP contribution in [-0.2, 0) is 0 Å². The average molecular weight is 420 g/mol. The van der Waals surface area contributed by atoms with Crippen LogP contribution in [0.1, 0.15) is 30.5 Å². The molecule has 0 aliphatic rings. The van der Waals surface area contributed by atoms with Gasteiger partial charge in [0.1, 0.15) is 0 Å². The summed E-state index contributed by atoms with van der Waals surface area (Å²) < 4.78 is 1.06. The fourth-order valence-corrected chi connectivity index (χ4v) is 2.82. The number of halogens is 3. The summed E-state index contributed by atoms with van der Waals surface area (Å²) in [6, 6.07) is 14.3. The van der Waals surface area contributed by atoms with Crippen molar-refractivity contribution in [2.24, 2.45) is 0 Å². The van der Waals surface area contributed by atoms with Gasteiger partial charge in [-0.05, 0) is 70.9 Å². The molecule has 1 nitrogen and oxygen atoms in total.